The van der Waals surface area contributed by atoms with Crippen LogP contribution in [0.15, 0.2) is 54.2 Å². The third-order valence-corrected chi connectivity index (χ3v) is 3.85. The van der Waals surface area contributed by atoms with Crippen molar-refractivity contribution >= 4 is 22.6 Å². The van der Waals surface area contributed by atoms with E-state index < -0.39 is 0 Å². The Labute approximate surface area is 131 Å². The number of nitrogens with zero attached hydrogens (tertiary/aromatic N) is 3. The average Bonchev–Trinajstić information content (AvgIpc) is 3.24. The smallest absolute Gasteiger partial charge is 0.138 e. The maximum Gasteiger partial charge on any atom is 0.138 e. The Kier molecular flexibility index (Phi) is 3.15. The fraction of sp³-hybridized carbons (Fsp3) is 0. The minimum absolute atomic E-state index is 0.859. The number of rotatable bonds is 1. The molecular weight excluding hydrogens is 292 g/mol. The van der Waals surface area contributed by atoms with Crippen molar-refractivity contribution in [3.8, 4) is 23.1 Å². The first kappa shape index (κ1) is 12.7. The van der Waals surface area contributed by atoms with E-state index in [0.29, 0.717) is 0 Å². The molecule has 0 unspecified atom stereocenters. The van der Waals surface area contributed by atoms with Crippen LogP contribution in [0.1, 0.15) is 11.1 Å². The summed E-state index contributed by atoms with van der Waals surface area (Å²) in [6, 6.07) is 11.9. The molecule has 0 saturated heterocycles. The number of hydrogen-bond donors (Lipinski definition) is 1. The van der Waals surface area contributed by atoms with E-state index >= 15 is 0 Å². The molecule has 0 spiro atoms. The minimum atomic E-state index is 0.859. The number of nitrogens with one attached hydrogen (secondary N) is 1. The van der Waals surface area contributed by atoms with Crippen LogP contribution in [0.2, 0.25) is 0 Å². The molecule has 4 rings (SSSR count). The summed E-state index contributed by atoms with van der Waals surface area (Å²) in [4.78, 5) is 7.35. The van der Waals surface area contributed by atoms with Gasteiger partial charge in [0.1, 0.15) is 11.3 Å². The minimum Gasteiger partial charge on any atom is -0.346 e. The van der Waals surface area contributed by atoms with Crippen LogP contribution in [0.4, 0.5) is 0 Å². The van der Waals surface area contributed by atoms with Crippen molar-refractivity contribution in [2.24, 2.45) is 0 Å². The summed E-state index contributed by atoms with van der Waals surface area (Å²) in [5, 5.41) is 7.03. The molecule has 3 heterocycles. The standard InChI is InChI=1S/C17H10N4S/c1(4-13-7-9-18-17-15(13)8-10-19-17)12-2-5-14(6-3-12)16-11-22-21-20-16/h2-3,5-11H,(H,18,19). The van der Waals surface area contributed by atoms with E-state index in [1.165, 1.54) is 11.5 Å². The summed E-state index contributed by atoms with van der Waals surface area (Å²) in [6.45, 7) is 0. The lowest BCUT2D eigenvalue weighted by Crippen LogP contribution is -1.82. The number of fused-ring (bicyclic) bond motifs is 1. The maximum atomic E-state index is 4.26. The summed E-state index contributed by atoms with van der Waals surface area (Å²) < 4.78 is 3.88. The van der Waals surface area contributed by atoms with Gasteiger partial charge in [0.15, 0.2) is 0 Å². The average molecular weight is 302 g/mol. The molecule has 0 atom stereocenters. The van der Waals surface area contributed by atoms with Crippen LogP contribution in [0.3, 0.4) is 0 Å². The number of aromatic amines is 1. The highest BCUT2D eigenvalue weighted by Gasteiger charge is 2.01. The fourth-order valence-corrected chi connectivity index (χ4v) is 2.69. The van der Waals surface area contributed by atoms with E-state index in [1.807, 2.05) is 48.0 Å². The van der Waals surface area contributed by atoms with Crippen LogP contribution >= 0.6 is 11.5 Å². The molecule has 4 aromatic rings. The number of pyridine rings is 1. The quantitative estimate of drug-likeness (QED) is 0.548. The van der Waals surface area contributed by atoms with Crippen LogP contribution in [0.5, 0.6) is 0 Å². The number of aromatic nitrogens is 4. The molecule has 3 aromatic heterocycles. The van der Waals surface area contributed by atoms with Gasteiger partial charge in [-0.05, 0) is 35.8 Å². The zero-order chi connectivity index (χ0) is 14.8. The SMILES string of the molecule is C(#Cc1ccnc2[nH]ccc12)c1ccc(-c2csnn2)cc1. The van der Waals surface area contributed by atoms with E-state index in [4.69, 9.17) is 0 Å². The third-order valence-electron chi connectivity index (χ3n) is 3.34. The second-order valence-corrected chi connectivity index (χ2v) is 5.33. The van der Waals surface area contributed by atoms with Crippen molar-refractivity contribution in [1.82, 2.24) is 19.6 Å². The molecule has 4 nitrogen and oxygen atoms in total. The first-order valence-electron chi connectivity index (χ1n) is 6.72. The van der Waals surface area contributed by atoms with E-state index in [9.17, 15) is 0 Å². The molecule has 0 aliphatic carbocycles. The Bertz CT molecular complexity index is 973. The van der Waals surface area contributed by atoms with E-state index in [2.05, 4.69) is 31.4 Å². The van der Waals surface area contributed by atoms with Crippen molar-refractivity contribution in [3.05, 3.63) is 65.3 Å². The van der Waals surface area contributed by atoms with Crippen molar-refractivity contribution in [1.29, 1.82) is 0 Å². The predicted octanol–water partition coefficient (Wildman–Crippen LogP) is 3.48. The summed E-state index contributed by atoms with van der Waals surface area (Å²) >= 11 is 1.35. The van der Waals surface area contributed by atoms with Crippen molar-refractivity contribution in [3.63, 3.8) is 0 Å². The van der Waals surface area contributed by atoms with Gasteiger partial charge in [-0.3, -0.25) is 0 Å². The van der Waals surface area contributed by atoms with Gasteiger partial charge in [0.05, 0.1) is 0 Å². The van der Waals surface area contributed by atoms with Crippen molar-refractivity contribution in [2.45, 2.75) is 0 Å². The van der Waals surface area contributed by atoms with Crippen molar-refractivity contribution in [2.75, 3.05) is 0 Å². The number of H-pyrrole nitrogens is 1. The molecule has 0 aliphatic heterocycles. The third kappa shape index (κ3) is 2.36. The van der Waals surface area contributed by atoms with Gasteiger partial charge in [-0.1, -0.05) is 28.5 Å². The molecule has 5 heteroatoms. The van der Waals surface area contributed by atoms with Crippen LogP contribution in [0, 0.1) is 11.8 Å². The molecule has 0 saturated carbocycles. The highest BCUT2D eigenvalue weighted by Crippen LogP contribution is 2.18. The zero-order valence-corrected chi connectivity index (χ0v) is 12.3. The predicted molar refractivity (Wildman–Crippen MR) is 87.4 cm³/mol. The van der Waals surface area contributed by atoms with E-state index in [-0.39, 0.29) is 0 Å². The Morgan fingerprint density at radius 1 is 1.00 bits per heavy atom. The highest BCUT2D eigenvalue weighted by atomic mass is 32.1. The topological polar surface area (TPSA) is 54.5 Å². The number of hydrogen-bond acceptors (Lipinski definition) is 4. The molecule has 0 fully saturated rings. The normalized spacial score (nSPS) is 10.4. The molecule has 1 N–H and O–H groups in total. The lowest BCUT2D eigenvalue weighted by atomic mass is 10.1. The molecule has 0 amide bonds. The van der Waals surface area contributed by atoms with Crippen LogP contribution in [-0.4, -0.2) is 19.6 Å². The van der Waals surface area contributed by atoms with Gasteiger partial charge in [0.25, 0.3) is 0 Å². The summed E-state index contributed by atoms with van der Waals surface area (Å²) in [6.07, 6.45) is 3.64. The second-order valence-electron chi connectivity index (χ2n) is 4.72. The largest absolute Gasteiger partial charge is 0.346 e. The molecule has 22 heavy (non-hydrogen) atoms. The van der Waals surface area contributed by atoms with Gasteiger partial charge in [-0.15, -0.1) is 5.10 Å². The Morgan fingerprint density at radius 2 is 1.91 bits per heavy atom. The molecule has 1 aromatic carbocycles. The molecule has 0 radical (unpaired) electrons. The Hall–Kier alpha value is -2.97. The summed E-state index contributed by atoms with van der Waals surface area (Å²) in [7, 11) is 0. The highest BCUT2D eigenvalue weighted by molar-refractivity contribution is 7.03. The van der Waals surface area contributed by atoms with Crippen LogP contribution in [0.25, 0.3) is 22.3 Å². The maximum absolute atomic E-state index is 4.26. The first-order valence-corrected chi connectivity index (χ1v) is 7.55. The molecular formula is C17H10N4S. The Morgan fingerprint density at radius 3 is 2.73 bits per heavy atom. The van der Waals surface area contributed by atoms with Gasteiger partial charge in [-0.2, -0.15) is 0 Å². The summed E-state index contributed by atoms with van der Waals surface area (Å²) in [5.74, 6) is 6.40. The van der Waals surface area contributed by atoms with E-state index in [0.717, 1.165) is 33.4 Å². The monoisotopic (exact) mass is 302 g/mol. The number of benzene rings is 1. The van der Waals surface area contributed by atoms with Gasteiger partial charge >= 0.3 is 0 Å². The van der Waals surface area contributed by atoms with Gasteiger partial charge < -0.3 is 4.98 Å². The Balaban J connectivity index is 1.66. The fourth-order valence-electron chi connectivity index (χ4n) is 2.22. The van der Waals surface area contributed by atoms with Crippen molar-refractivity contribution < 1.29 is 0 Å². The lowest BCUT2D eigenvalue weighted by Gasteiger charge is -1.96. The molecule has 104 valence electrons. The van der Waals surface area contributed by atoms with Gasteiger partial charge in [0.2, 0.25) is 0 Å². The lowest BCUT2D eigenvalue weighted by molar-refractivity contribution is 1.16. The van der Waals surface area contributed by atoms with E-state index in [1.54, 1.807) is 6.20 Å². The second kappa shape index (κ2) is 5.43. The zero-order valence-electron chi connectivity index (χ0n) is 11.4. The summed E-state index contributed by atoms with van der Waals surface area (Å²) in [5.41, 5.74) is 4.74. The van der Waals surface area contributed by atoms with Crippen LogP contribution < -0.4 is 0 Å². The van der Waals surface area contributed by atoms with Crippen LogP contribution in [-0.2, 0) is 0 Å². The molecule has 0 bridgehead atoms. The van der Waals surface area contributed by atoms with Gasteiger partial charge in [0, 0.05) is 39.9 Å². The molecule has 0 aliphatic rings. The first-order chi connectivity index (χ1) is 10.9. The van der Waals surface area contributed by atoms with Gasteiger partial charge in [-0.25, -0.2) is 4.98 Å².